The molecule has 1 atom stereocenters. The number of benzene rings is 1. The molecule has 17 heavy (non-hydrogen) atoms. The quantitative estimate of drug-likeness (QED) is 0.617. The van der Waals surface area contributed by atoms with Gasteiger partial charge in [-0.2, -0.15) is 0 Å². The molecule has 90 valence electrons. The van der Waals surface area contributed by atoms with Crippen molar-refractivity contribution in [2.24, 2.45) is 5.92 Å². The van der Waals surface area contributed by atoms with Gasteiger partial charge in [0, 0.05) is 29.9 Å². The zero-order chi connectivity index (χ0) is 11.8. The molecule has 2 aliphatic rings. The summed E-state index contributed by atoms with van der Waals surface area (Å²) in [5.41, 5.74) is 2.22. The second-order valence-electron chi connectivity index (χ2n) is 4.81. The van der Waals surface area contributed by atoms with Gasteiger partial charge in [0.25, 0.3) is 5.69 Å². The Bertz CT molecular complexity index is 457. The number of nitrogens with zero attached hydrogens (tertiary/aromatic N) is 1. The van der Waals surface area contributed by atoms with Crippen molar-refractivity contribution < 1.29 is 4.92 Å². The lowest BCUT2D eigenvalue weighted by Crippen LogP contribution is -2.24. The van der Waals surface area contributed by atoms with E-state index in [1.807, 2.05) is 0 Å². The van der Waals surface area contributed by atoms with E-state index < -0.39 is 0 Å². The van der Waals surface area contributed by atoms with Crippen molar-refractivity contribution in [3.8, 4) is 0 Å². The van der Waals surface area contributed by atoms with Gasteiger partial charge < -0.3 is 10.6 Å². The van der Waals surface area contributed by atoms with E-state index in [0.29, 0.717) is 0 Å². The molecule has 3 rings (SSSR count). The summed E-state index contributed by atoms with van der Waals surface area (Å²) in [5.74, 6) is 0.817. The second kappa shape index (κ2) is 4.00. The van der Waals surface area contributed by atoms with Crippen molar-refractivity contribution in [2.75, 3.05) is 18.4 Å². The summed E-state index contributed by atoms with van der Waals surface area (Å²) in [6, 6.07) is 5.24. The zero-order valence-corrected chi connectivity index (χ0v) is 9.48. The lowest BCUT2D eigenvalue weighted by atomic mass is 10.1. The summed E-state index contributed by atoms with van der Waals surface area (Å²) in [4.78, 5) is 10.4. The highest BCUT2D eigenvalue weighted by Gasteiger charge is 2.27. The molecule has 1 fully saturated rings. The number of nitro groups is 1. The van der Waals surface area contributed by atoms with Crippen LogP contribution in [0.15, 0.2) is 18.2 Å². The Morgan fingerprint density at radius 1 is 1.47 bits per heavy atom. The fraction of sp³-hybridized carbons (Fsp3) is 0.500. The van der Waals surface area contributed by atoms with Crippen molar-refractivity contribution in [3.05, 3.63) is 33.9 Å². The standard InChI is InChI=1S/C12H15N3O2/c16-15(17)9-3-4-11-10(5-9)12(7-14-11)13-6-8-1-2-8/h3-5,8,12-14H,1-2,6-7H2. The first-order valence-corrected chi connectivity index (χ1v) is 5.99. The summed E-state index contributed by atoms with van der Waals surface area (Å²) in [7, 11) is 0. The highest BCUT2D eigenvalue weighted by Crippen LogP contribution is 2.34. The number of hydrogen-bond donors (Lipinski definition) is 2. The predicted octanol–water partition coefficient (Wildman–Crippen LogP) is 2.06. The highest BCUT2D eigenvalue weighted by atomic mass is 16.6. The minimum Gasteiger partial charge on any atom is -0.383 e. The van der Waals surface area contributed by atoms with Crippen molar-refractivity contribution in [1.29, 1.82) is 0 Å². The van der Waals surface area contributed by atoms with E-state index in [1.54, 1.807) is 18.2 Å². The number of anilines is 1. The van der Waals surface area contributed by atoms with Crippen LogP contribution in [0.25, 0.3) is 0 Å². The van der Waals surface area contributed by atoms with Crippen molar-refractivity contribution in [1.82, 2.24) is 5.32 Å². The van der Waals surface area contributed by atoms with E-state index in [0.717, 1.165) is 30.3 Å². The van der Waals surface area contributed by atoms with E-state index in [9.17, 15) is 10.1 Å². The maximum atomic E-state index is 10.7. The van der Waals surface area contributed by atoms with Gasteiger partial charge in [0.15, 0.2) is 0 Å². The Kier molecular flexibility index (Phi) is 2.48. The topological polar surface area (TPSA) is 67.2 Å². The van der Waals surface area contributed by atoms with Crippen LogP contribution < -0.4 is 10.6 Å². The lowest BCUT2D eigenvalue weighted by molar-refractivity contribution is -0.384. The first kappa shape index (κ1) is 10.5. The average molecular weight is 233 g/mol. The molecule has 5 nitrogen and oxygen atoms in total. The van der Waals surface area contributed by atoms with E-state index in [-0.39, 0.29) is 16.7 Å². The first-order chi connectivity index (χ1) is 8.24. The van der Waals surface area contributed by atoms with Crippen molar-refractivity contribution in [2.45, 2.75) is 18.9 Å². The molecule has 0 amide bonds. The number of fused-ring (bicyclic) bond motifs is 1. The molecule has 1 aliphatic carbocycles. The van der Waals surface area contributed by atoms with E-state index in [1.165, 1.54) is 12.8 Å². The Hall–Kier alpha value is -1.62. The monoisotopic (exact) mass is 233 g/mol. The number of rotatable bonds is 4. The average Bonchev–Trinajstić information content (AvgIpc) is 3.06. The zero-order valence-electron chi connectivity index (χ0n) is 9.48. The third-order valence-electron chi connectivity index (χ3n) is 3.47. The molecule has 5 heteroatoms. The number of hydrogen-bond acceptors (Lipinski definition) is 4. The van der Waals surface area contributed by atoms with Crippen LogP contribution >= 0.6 is 0 Å². The van der Waals surface area contributed by atoms with Crippen molar-refractivity contribution >= 4 is 11.4 Å². The lowest BCUT2D eigenvalue weighted by Gasteiger charge is -2.11. The van der Waals surface area contributed by atoms with Crippen LogP contribution in [0.1, 0.15) is 24.4 Å². The number of nitro benzene ring substituents is 1. The predicted molar refractivity (Wildman–Crippen MR) is 65.1 cm³/mol. The molecular weight excluding hydrogens is 218 g/mol. The van der Waals surface area contributed by atoms with Crippen LogP contribution in [0.3, 0.4) is 0 Å². The highest BCUT2D eigenvalue weighted by molar-refractivity contribution is 5.61. The largest absolute Gasteiger partial charge is 0.383 e. The Morgan fingerprint density at radius 3 is 3.00 bits per heavy atom. The van der Waals surface area contributed by atoms with Gasteiger partial charge in [0.1, 0.15) is 0 Å². The maximum Gasteiger partial charge on any atom is 0.269 e. The fourth-order valence-electron chi connectivity index (χ4n) is 2.25. The minimum atomic E-state index is -0.337. The summed E-state index contributed by atoms with van der Waals surface area (Å²) >= 11 is 0. The summed E-state index contributed by atoms with van der Waals surface area (Å²) in [5, 5.41) is 17.5. The Morgan fingerprint density at radius 2 is 2.29 bits per heavy atom. The maximum absolute atomic E-state index is 10.7. The van der Waals surface area contributed by atoms with Gasteiger partial charge in [-0.1, -0.05) is 0 Å². The normalized spacial score (nSPS) is 22.0. The van der Waals surface area contributed by atoms with Crippen LogP contribution in [0, 0.1) is 16.0 Å². The number of non-ortho nitro benzene ring substituents is 1. The molecule has 1 unspecified atom stereocenters. The van der Waals surface area contributed by atoms with Crippen LogP contribution in [0.5, 0.6) is 0 Å². The minimum absolute atomic E-state index is 0.172. The van der Waals surface area contributed by atoms with E-state index >= 15 is 0 Å². The molecule has 0 saturated heterocycles. The van der Waals surface area contributed by atoms with Gasteiger partial charge in [-0.15, -0.1) is 0 Å². The molecule has 0 bridgehead atoms. The third-order valence-corrected chi connectivity index (χ3v) is 3.47. The van der Waals surface area contributed by atoms with Crippen LogP contribution in [0.2, 0.25) is 0 Å². The fourth-order valence-corrected chi connectivity index (χ4v) is 2.25. The van der Waals surface area contributed by atoms with Crippen molar-refractivity contribution in [3.63, 3.8) is 0 Å². The van der Waals surface area contributed by atoms with Gasteiger partial charge in [-0.3, -0.25) is 10.1 Å². The van der Waals surface area contributed by atoms with Crippen LogP contribution in [0.4, 0.5) is 11.4 Å². The van der Waals surface area contributed by atoms with Gasteiger partial charge in [0.05, 0.1) is 11.0 Å². The van der Waals surface area contributed by atoms with Crippen LogP contribution in [-0.2, 0) is 0 Å². The van der Waals surface area contributed by atoms with Gasteiger partial charge in [-0.05, 0) is 31.4 Å². The molecule has 1 aliphatic heterocycles. The second-order valence-corrected chi connectivity index (χ2v) is 4.81. The third kappa shape index (κ3) is 2.10. The molecule has 1 heterocycles. The Labute approximate surface area is 99.4 Å². The number of nitrogens with one attached hydrogen (secondary N) is 2. The molecule has 0 radical (unpaired) electrons. The van der Waals surface area contributed by atoms with Gasteiger partial charge in [0.2, 0.25) is 0 Å². The summed E-state index contributed by atoms with van der Waals surface area (Å²) in [6.45, 7) is 1.84. The van der Waals surface area contributed by atoms with E-state index in [2.05, 4.69) is 10.6 Å². The van der Waals surface area contributed by atoms with E-state index in [4.69, 9.17) is 0 Å². The SMILES string of the molecule is O=[N+]([O-])c1ccc2c(c1)C(NCC1CC1)CN2. The molecule has 1 aromatic rings. The molecule has 1 aromatic carbocycles. The van der Waals surface area contributed by atoms with Gasteiger partial charge >= 0.3 is 0 Å². The summed E-state index contributed by atoms with van der Waals surface area (Å²) < 4.78 is 0. The molecule has 0 aromatic heterocycles. The van der Waals surface area contributed by atoms with Crippen LogP contribution in [-0.4, -0.2) is 18.0 Å². The van der Waals surface area contributed by atoms with Gasteiger partial charge in [-0.25, -0.2) is 0 Å². The molecule has 0 spiro atoms. The Balaban J connectivity index is 1.78. The molecule has 1 saturated carbocycles. The molecular formula is C12H15N3O2. The summed E-state index contributed by atoms with van der Waals surface area (Å²) in [6.07, 6.45) is 2.63. The molecule has 2 N–H and O–H groups in total. The smallest absolute Gasteiger partial charge is 0.269 e. The first-order valence-electron chi connectivity index (χ1n) is 5.99.